The van der Waals surface area contributed by atoms with E-state index < -0.39 is 6.10 Å². The third-order valence-corrected chi connectivity index (χ3v) is 3.37. The first-order chi connectivity index (χ1) is 10.2. The molecule has 0 bridgehead atoms. The molecule has 6 heteroatoms. The van der Waals surface area contributed by atoms with Crippen molar-refractivity contribution < 1.29 is 14.3 Å². The first-order valence-electron chi connectivity index (χ1n) is 7.17. The van der Waals surface area contributed by atoms with Crippen LogP contribution in [0.5, 0.6) is 0 Å². The van der Waals surface area contributed by atoms with Gasteiger partial charge in [-0.25, -0.2) is 0 Å². The van der Waals surface area contributed by atoms with Crippen LogP contribution < -0.4 is 16.4 Å². The lowest BCUT2D eigenvalue weighted by Gasteiger charge is -2.12. The number of amides is 2. The fraction of sp³-hybridized carbons (Fsp3) is 0.467. The topological polar surface area (TPSA) is 93.5 Å². The van der Waals surface area contributed by atoms with E-state index in [1.165, 1.54) is 0 Å². The Morgan fingerprint density at radius 2 is 2.00 bits per heavy atom. The summed E-state index contributed by atoms with van der Waals surface area (Å²) >= 11 is 0. The van der Waals surface area contributed by atoms with Crippen LogP contribution in [-0.2, 0) is 14.3 Å². The van der Waals surface area contributed by atoms with E-state index in [4.69, 9.17) is 10.5 Å². The second-order valence-corrected chi connectivity index (χ2v) is 5.02. The predicted molar refractivity (Wildman–Crippen MR) is 79.6 cm³/mol. The first kappa shape index (κ1) is 15.5. The Hall–Kier alpha value is -1.92. The molecule has 1 aromatic rings. The summed E-state index contributed by atoms with van der Waals surface area (Å²) in [6.45, 7) is 0.730. The minimum absolute atomic E-state index is 0.0258. The number of rotatable bonds is 6. The van der Waals surface area contributed by atoms with Crippen LogP contribution in [-0.4, -0.2) is 37.1 Å². The average molecular weight is 291 g/mol. The maximum Gasteiger partial charge on any atom is 0.249 e. The minimum Gasteiger partial charge on any atom is -0.364 e. The fourth-order valence-electron chi connectivity index (χ4n) is 2.23. The van der Waals surface area contributed by atoms with Crippen molar-refractivity contribution in [3.63, 3.8) is 0 Å². The molecule has 21 heavy (non-hydrogen) atoms. The molecule has 0 aromatic heterocycles. The van der Waals surface area contributed by atoms with Crippen molar-refractivity contribution in [2.45, 2.75) is 31.5 Å². The summed E-state index contributed by atoms with van der Waals surface area (Å²) in [7, 11) is 0. The quantitative estimate of drug-likeness (QED) is 0.717. The summed E-state index contributed by atoms with van der Waals surface area (Å²) in [4.78, 5) is 23.5. The summed E-state index contributed by atoms with van der Waals surface area (Å²) in [5, 5.41) is 5.48. The molecular weight excluding hydrogens is 270 g/mol. The van der Waals surface area contributed by atoms with Gasteiger partial charge >= 0.3 is 0 Å². The Morgan fingerprint density at radius 1 is 1.24 bits per heavy atom. The Bertz CT molecular complexity index is 478. The molecule has 0 saturated carbocycles. The van der Waals surface area contributed by atoms with Gasteiger partial charge in [0.05, 0.1) is 6.10 Å². The molecule has 0 unspecified atom stereocenters. The van der Waals surface area contributed by atoms with E-state index in [0.717, 1.165) is 12.1 Å². The molecule has 2 atom stereocenters. The number of nitrogens with one attached hydrogen (secondary N) is 2. The standard InChI is InChI=1S/C15H21N3O3/c16-10-12-6-7-13(21-12)15(20)17-9-8-14(19)18-11-4-2-1-3-5-11/h1-5,12-13H,6-10,16H2,(H,17,20)(H,18,19)/t12-,13+/m1/s1. The van der Waals surface area contributed by atoms with Crippen LogP contribution in [0.15, 0.2) is 30.3 Å². The molecule has 0 radical (unpaired) electrons. The molecule has 1 aliphatic heterocycles. The number of hydrogen-bond acceptors (Lipinski definition) is 4. The summed E-state index contributed by atoms with van der Waals surface area (Å²) in [5.74, 6) is -0.299. The molecule has 6 nitrogen and oxygen atoms in total. The highest BCUT2D eigenvalue weighted by Crippen LogP contribution is 2.18. The van der Waals surface area contributed by atoms with Crippen LogP contribution in [0.2, 0.25) is 0 Å². The van der Waals surface area contributed by atoms with E-state index in [9.17, 15) is 9.59 Å². The van der Waals surface area contributed by atoms with Crippen LogP contribution in [0.1, 0.15) is 19.3 Å². The fourth-order valence-corrected chi connectivity index (χ4v) is 2.23. The molecule has 0 spiro atoms. The van der Waals surface area contributed by atoms with Crippen molar-refractivity contribution in [3.05, 3.63) is 30.3 Å². The molecule has 2 rings (SSSR count). The molecular formula is C15H21N3O3. The zero-order chi connectivity index (χ0) is 15.1. The largest absolute Gasteiger partial charge is 0.364 e. The number of hydrogen-bond donors (Lipinski definition) is 3. The van der Waals surface area contributed by atoms with Gasteiger partial charge in [0.15, 0.2) is 0 Å². The Balaban J connectivity index is 1.65. The van der Waals surface area contributed by atoms with Gasteiger partial charge in [0.1, 0.15) is 6.10 Å². The summed E-state index contributed by atoms with van der Waals surface area (Å²) < 4.78 is 5.49. The van der Waals surface area contributed by atoms with Crippen molar-refractivity contribution >= 4 is 17.5 Å². The van der Waals surface area contributed by atoms with E-state index in [2.05, 4.69) is 10.6 Å². The lowest BCUT2D eigenvalue weighted by molar-refractivity contribution is -0.131. The molecule has 114 valence electrons. The van der Waals surface area contributed by atoms with E-state index in [1.54, 1.807) is 0 Å². The van der Waals surface area contributed by atoms with Crippen molar-refractivity contribution in [3.8, 4) is 0 Å². The maximum absolute atomic E-state index is 11.8. The average Bonchev–Trinajstić information content (AvgIpc) is 2.97. The van der Waals surface area contributed by atoms with Crippen LogP contribution in [0.4, 0.5) is 5.69 Å². The van der Waals surface area contributed by atoms with Crippen molar-refractivity contribution in [2.75, 3.05) is 18.4 Å². The van der Waals surface area contributed by atoms with Gasteiger partial charge < -0.3 is 21.1 Å². The number of nitrogens with two attached hydrogens (primary N) is 1. The highest BCUT2D eigenvalue weighted by molar-refractivity contribution is 5.91. The molecule has 1 saturated heterocycles. The van der Waals surface area contributed by atoms with Gasteiger partial charge in [-0.05, 0) is 25.0 Å². The van der Waals surface area contributed by atoms with Gasteiger partial charge in [0, 0.05) is 25.2 Å². The van der Waals surface area contributed by atoms with Gasteiger partial charge in [-0.2, -0.15) is 0 Å². The molecule has 1 fully saturated rings. The van der Waals surface area contributed by atoms with Gasteiger partial charge in [-0.15, -0.1) is 0 Å². The number of carbonyl (C=O) groups excluding carboxylic acids is 2. The SMILES string of the molecule is NC[C@H]1CC[C@@H](C(=O)NCCC(=O)Nc2ccccc2)O1. The van der Waals surface area contributed by atoms with Crippen LogP contribution >= 0.6 is 0 Å². The van der Waals surface area contributed by atoms with Crippen molar-refractivity contribution in [1.82, 2.24) is 5.32 Å². The molecule has 0 aliphatic carbocycles. The molecule has 1 aromatic carbocycles. The number of ether oxygens (including phenoxy) is 1. The monoisotopic (exact) mass is 291 g/mol. The van der Waals surface area contributed by atoms with Crippen molar-refractivity contribution in [2.24, 2.45) is 5.73 Å². The third-order valence-electron chi connectivity index (χ3n) is 3.37. The van der Waals surface area contributed by atoms with Crippen LogP contribution in [0.3, 0.4) is 0 Å². The van der Waals surface area contributed by atoms with E-state index >= 15 is 0 Å². The summed E-state index contributed by atoms with van der Waals surface area (Å²) in [6, 6.07) is 9.21. The molecule has 4 N–H and O–H groups in total. The number of para-hydroxylation sites is 1. The van der Waals surface area contributed by atoms with Gasteiger partial charge in [-0.1, -0.05) is 18.2 Å². The second kappa shape index (κ2) is 7.75. The van der Waals surface area contributed by atoms with E-state index in [1.807, 2.05) is 30.3 Å². The Kier molecular flexibility index (Phi) is 5.71. The minimum atomic E-state index is -0.435. The van der Waals surface area contributed by atoms with Crippen LogP contribution in [0.25, 0.3) is 0 Å². The van der Waals surface area contributed by atoms with Crippen molar-refractivity contribution in [1.29, 1.82) is 0 Å². The molecule has 2 amide bonds. The highest BCUT2D eigenvalue weighted by Gasteiger charge is 2.29. The van der Waals surface area contributed by atoms with E-state index in [-0.39, 0.29) is 24.3 Å². The Morgan fingerprint density at radius 3 is 2.67 bits per heavy atom. The van der Waals surface area contributed by atoms with Gasteiger partial charge in [-0.3, -0.25) is 9.59 Å². The molecule has 1 aliphatic rings. The first-order valence-corrected chi connectivity index (χ1v) is 7.17. The van der Waals surface area contributed by atoms with E-state index in [0.29, 0.717) is 19.5 Å². The summed E-state index contributed by atoms with van der Waals surface area (Å²) in [5.41, 5.74) is 6.25. The number of anilines is 1. The maximum atomic E-state index is 11.8. The zero-order valence-corrected chi connectivity index (χ0v) is 11.9. The third kappa shape index (κ3) is 4.84. The normalized spacial score (nSPS) is 21.0. The highest BCUT2D eigenvalue weighted by atomic mass is 16.5. The number of benzene rings is 1. The zero-order valence-electron chi connectivity index (χ0n) is 11.9. The lowest BCUT2D eigenvalue weighted by atomic mass is 10.2. The lowest BCUT2D eigenvalue weighted by Crippen LogP contribution is -2.37. The predicted octanol–water partition coefficient (Wildman–Crippen LogP) is 0.638. The second-order valence-electron chi connectivity index (χ2n) is 5.02. The smallest absolute Gasteiger partial charge is 0.249 e. The van der Waals surface area contributed by atoms with Gasteiger partial charge in [0.2, 0.25) is 11.8 Å². The molecule has 1 heterocycles. The Labute approximate surface area is 124 Å². The number of carbonyl (C=O) groups is 2. The van der Waals surface area contributed by atoms with Crippen LogP contribution in [0, 0.1) is 0 Å². The van der Waals surface area contributed by atoms with Gasteiger partial charge in [0.25, 0.3) is 0 Å². The summed E-state index contributed by atoms with van der Waals surface area (Å²) in [6.07, 6.45) is 1.26.